The lowest BCUT2D eigenvalue weighted by molar-refractivity contribution is 0.138. The minimum absolute atomic E-state index is 0.0963. The van der Waals surface area contributed by atoms with E-state index in [2.05, 4.69) is 5.32 Å². The van der Waals surface area contributed by atoms with E-state index in [0.717, 1.165) is 6.42 Å². The first kappa shape index (κ1) is 15.9. The summed E-state index contributed by atoms with van der Waals surface area (Å²) in [5.41, 5.74) is 0.705. The summed E-state index contributed by atoms with van der Waals surface area (Å²) in [5, 5.41) is 2.63. The van der Waals surface area contributed by atoms with Gasteiger partial charge in [-0.2, -0.15) is 0 Å². The maximum atomic E-state index is 11.4. The van der Waals surface area contributed by atoms with Crippen molar-refractivity contribution < 1.29 is 23.7 Å². The van der Waals surface area contributed by atoms with Gasteiger partial charge in [0.15, 0.2) is 11.5 Å². The third kappa shape index (κ3) is 3.94. The van der Waals surface area contributed by atoms with Crippen LogP contribution in [-0.2, 0) is 11.3 Å². The molecule has 0 aliphatic heterocycles. The van der Waals surface area contributed by atoms with E-state index in [4.69, 9.17) is 18.9 Å². The van der Waals surface area contributed by atoms with Crippen molar-refractivity contribution in [2.45, 2.75) is 20.0 Å². The van der Waals surface area contributed by atoms with Crippen LogP contribution in [-0.4, -0.2) is 34.0 Å². The van der Waals surface area contributed by atoms with Crippen molar-refractivity contribution in [2.24, 2.45) is 0 Å². The molecule has 1 amide bonds. The molecule has 112 valence electrons. The molecule has 0 aromatic heterocycles. The molecule has 0 fully saturated rings. The van der Waals surface area contributed by atoms with Crippen LogP contribution in [0, 0.1) is 0 Å². The molecule has 0 saturated heterocycles. The third-order valence-electron chi connectivity index (χ3n) is 2.66. The predicted octanol–water partition coefficient (Wildman–Crippen LogP) is 2.35. The Bertz CT molecular complexity index is 447. The molecule has 0 aliphatic carbocycles. The normalized spacial score (nSPS) is 9.80. The summed E-state index contributed by atoms with van der Waals surface area (Å²) >= 11 is 0. The smallest absolute Gasteiger partial charge is 0.407 e. The van der Waals surface area contributed by atoms with E-state index in [1.165, 1.54) is 14.2 Å². The van der Waals surface area contributed by atoms with Gasteiger partial charge in [0.1, 0.15) is 6.61 Å². The SMILES string of the molecule is CCCNC(=O)OCc1ccc(OC)c(OC)c1OC. The Balaban J connectivity index is 2.82. The molecular weight excluding hydrogens is 262 g/mol. The van der Waals surface area contributed by atoms with Crippen molar-refractivity contribution in [1.82, 2.24) is 5.32 Å². The standard InChI is InChI=1S/C14H21NO5/c1-5-8-15-14(16)20-9-10-6-7-11(17-2)13(19-4)12(10)18-3/h6-7H,5,8-9H2,1-4H3,(H,15,16). The summed E-state index contributed by atoms with van der Waals surface area (Å²) < 4.78 is 20.9. The molecule has 0 radical (unpaired) electrons. The molecule has 1 rings (SSSR count). The zero-order chi connectivity index (χ0) is 15.0. The molecule has 0 bridgehead atoms. The van der Waals surface area contributed by atoms with E-state index in [9.17, 15) is 4.79 Å². The van der Waals surface area contributed by atoms with Gasteiger partial charge < -0.3 is 24.3 Å². The molecule has 6 heteroatoms. The fourth-order valence-corrected chi connectivity index (χ4v) is 1.70. The van der Waals surface area contributed by atoms with Crippen LogP contribution in [0.15, 0.2) is 12.1 Å². The Morgan fingerprint density at radius 2 is 1.80 bits per heavy atom. The second kappa shape index (κ2) is 8.14. The van der Waals surface area contributed by atoms with Gasteiger partial charge in [-0.1, -0.05) is 6.92 Å². The van der Waals surface area contributed by atoms with Crippen LogP contribution in [0.1, 0.15) is 18.9 Å². The Kier molecular flexibility index (Phi) is 6.49. The van der Waals surface area contributed by atoms with Gasteiger partial charge >= 0.3 is 6.09 Å². The summed E-state index contributed by atoms with van der Waals surface area (Å²) in [6.07, 6.45) is 0.401. The van der Waals surface area contributed by atoms with E-state index in [1.807, 2.05) is 6.92 Å². The third-order valence-corrected chi connectivity index (χ3v) is 2.66. The molecule has 1 aromatic rings. The van der Waals surface area contributed by atoms with Crippen molar-refractivity contribution in [3.63, 3.8) is 0 Å². The van der Waals surface area contributed by atoms with Gasteiger partial charge in [-0.15, -0.1) is 0 Å². The maximum absolute atomic E-state index is 11.4. The zero-order valence-electron chi connectivity index (χ0n) is 12.3. The number of carbonyl (C=O) groups excluding carboxylic acids is 1. The number of amides is 1. The van der Waals surface area contributed by atoms with Gasteiger partial charge in [0.25, 0.3) is 0 Å². The van der Waals surface area contributed by atoms with E-state index in [1.54, 1.807) is 19.2 Å². The first-order valence-electron chi connectivity index (χ1n) is 6.36. The highest BCUT2D eigenvalue weighted by Gasteiger charge is 2.16. The lowest BCUT2D eigenvalue weighted by Gasteiger charge is -2.15. The van der Waals surface area contributed by atoms with Crippen LogP contribution >= 0.6 is 0 Å². The van der Waals surface area contributed by atoms with Gasteiger partial charge in [0.05, 0.1) is 21.3 Å². The summed E-state index contributed by atoms with van der Waals surface area (Å²) in [4.78, 5) is 11.4. The van der Waals surface area contributed by atoms with E-state index in [0.29, 0.717) is 29.4 Å². The largest absolute Gasteiger partial charge is 0.493 e. The molecule has 6 nitrogen and oxygen atoms in total. The lowest BCUT2D eigenvalue weighted by Crippen LogP contribution is -2.24. The summed E-state index contributed by atoms with van der Waals surface area (Å²) in [6, 6.07) is 3.51. The van der Waals surface area contributed by atoms with E-state index in [-0.39, 0.29) is 6.61 Å². The monoisotopic (exact) mass is 283 g/mol. The van der Waals surface area contributed by atoms with Crippen LogP contribution in [0.25, 0.3) is 0 Å². The van der Waals surface area contributed by atoms with Crippen LogP contribution in [0.2, 0.25) is 0 Å². The number of hydrogen-bond acceptors (Lipinski definition) is 5. The van der Waals surface area contributed by atoms with Crippen LogP contribution < -0.4 is 19.5 Å². The number of nitrogens with one attached hydrogen (secondary N) is 1. The topological polar surface area (TPSA) is 66.0 Å². The Morgan fingerprint density at radius 1 is 1.10 bits per heavy atom. The van der Waals surface area contributed by atoms with Crippen molar-refractivity contribution in [3.8, 4) is 17.2 Å². The van der Waals surface area contributed by atoms with Crippen LogP contribution in [0.4, 0.5) is 4.79 Å². The highest BCUT2D eigenvalue weighted by atomic mass is 16.6. The maximum Gasteiger partial charge on any atom is 0.407 e. The lowest BCUT2D eigenvalue weighted by atomic mass is 10.2. The zero-order valence-corrected chi connectivity index (χ0v) is 12.3. The van der Waals surface area contributed by atoms with Gasteiger partial charge in [-0.3, -0.25) is 0 Å². The van der Waals surface area contributed by atoms with Gasteiger partial charge in [-0.05, 0) is 18.6 Å². The first-order chi connectivity index (χ1) is 9.67. The fourth-order valence-electron chi connectivity index (χ4n) is 1.70. The Hall–Kier alpha value is -2.11. The Labute approximate surface area is 119 Å². The quantitative estimate of drug-likeness (QED) is 0.832. The van der Waals surface area contributed by atoms with Crippen LogP contribution in [0.5, 0.6) is 17.2 Å². The molecule has 0 saturated carbocycles. The number of ether oxygens (including phenoxy) is 4. The minimum Gasteiger partial charge on any atom is -0.493 e. The minimum atomic E-state index is -0.455. The van der Waals surface area contributed by atoms with E-state index < -0.39 is 6.09 Å². The summed E-state index contributed by atoms with van der Waals surface area (Å²) in [7, 11) is 4.60. The first-order valence-corrected chi connectivity index (χ1v) is 6.36. The van der Waals surface area contributed by atoms with Crippen molar-refractivity contribution in [1.29, 1.82) is 0 Å². The second-order valence-electron chi connectivity index (χ2n) is 4.00. The molecule has 20 heavy (non-hydrogen) atoms. The van der Waals surface area contributed by atoms with E-state index >= 15 is 0 Å². The summed E-state index contributed by atoms with van der Waals surface area (Å²) in [6.45, 7) is 2.65. The van der Waals surface area contributed by atoms with Crippen molar-refractivity contribution in [3.05, 3.63) is 17.7 Å². The second-order valence-corrected chi connectivity index (χ2v) is 4.00. The molecular formula is C14H21NO5. The average Bonchev–Trinajstić information content (AvgIpc) is 2.49. The molecule has 0 unspecified atom stereocenters. The molecule has 0 spiro atoms. The number of hydrogen-bond donors (Lipinski definition) is 1. The molecule has 0 atom stereocenters. The van der Waals surface area contributed by atoms with Crippen LogP contribution in [0.3, 0.4) is 0 Å². The molecule has 0 heterocycles. The predicted molar refractivity (Wildman–Crippen MR) is 74.6 cm³/mol. The summed E-state index contributed by atoms with van der Waals surface area (Å²) in [5.74, 6) is 1.53. The number of methoxy groups -OCH3 is 3. The highest BCUT2D eigenvalue weighted by molar-refractivity contribution is 5.67. The number of rotatable bonds is 7. The fraction of sp³-hybridized carbons (Fsp3) is 0.500. The molecule has 1 aromatic carbocycles. The molecule has 1 N–H and O–H groups in total. The van der Waals surface area contributed by atoms with Crippen molar-refractivity contribution >= 4 is 6.09 Å². The Morgan fingerprint density at radius 3 is 2.35 bits per heavy atom. The van der Waals surface area contributed by atoms with Gasteiger partial charge in [0, 0.05) is 12.1 Å². The molecule has 0 aliphatic rings. The number of carbonyl (C=O) groups is 1. The average molecular weight is 283 g/mol. The van der Waals surface area contributed by atoms with Gasteiger partial charge in [-0.25, -0.2) is 4.79 Å². The van der Waals surface area contributed by atoms with Crippen molar-refractivity contribution in [2.75, 3.05) is 27.9 Å². The number of benzene rings is 1. The van der Waals surface area contributed by atoms with Gasteiger partial charge in [0.2, 0.25) is 5.75 Å². The highest BCUT2D eigenvalue weighted by Crippen LogP contribution is 2.39. The number of alkyl carbamates (subject to hydrolysis) is 1.